The molecule has 1 saturated heterocycles. The van der Waals surface area contributed by atoms with Gasteiger partial charge in [0, 0.05) is 31.7 Å². The van der Waals surface area contributed by atoms with Gasteiger partial charge in [-0.15, -0.1) is 0 Å². The Morgan fingerprint density at radius 1 is 1.19 bits per heavy atom. The molecular weight excluding hydrogens is 264 g/mol. The van der Waals surface area contributed by atoms with Gasteiger partial charge in [0.2, 0.25) is 0 Å². The van der Waals surface area contributed by atoms with Crippen molar-refractivity contribution in [2.24, 2.45) is 0 Å². The van der Waals surface area contributed by atoms with Gasteiger partial charge in [0.25, 0.3) is 0 Å². The zero-order valence-electron chi connectivity index (χ0n) is 13.5. The molecule has 1 aliphatic rings. The lowest BCUT2D eigenvalue weighted by Gasteiger charge is -2.25. The minimum atomic E-state index is 0.298. The Morgan fingerprint density at radius 3 is 2.48 bits per heavy atom. The Bertz CT molecular complexity index is 419. The molecule has 0 aromatic heterocycles. The number of aliphatic hydroxyl groups excluding tert-OH is 1. The minimum Gasteiger partial charge on any atom is -0.497 e. The predicted octanol–water partition coefficient (Wildman–Crippen LogP) is 1.80. The van der Waals surface area contributed by atoms with Gasteiger partial charge in [-0.1, -0.05) is 12.1 Å². The first-order valence-corrected chi connectivity index (χ1v) is 7.79. The number of likely N-dealkylation sites (N-methyl/N-ethyl adjacent to an activating group) is 1. The van der Waals surface area contributed by atoms with Gasteiger partial charge in [-0.05, 0) is 51.2 Å². The third-order valence-corrected chi connectivity index (χ3v) is 4.45. The van der Waals surface area contributed by atoms with Crippen molar-refractivity contribution in [2.45, 2.75) is 24.8 Å². The van der Waals surface area contributed by atoms with Crippen LogP contribution < -0.4 is 4.74 Å². The molecule has 0 radical (unpaired) electrons. The molecule has 4 nitrogen and oxygen atoms in total. The van der Waals surface area contributed by atoms with Gasteiger partial charge in [-0.3, -0.25) is 0 Å². The van der Waals surface area contributed by atoms with Gasteiger partial charge in [0.1, 0.15) is 5.75 Å². The molecule has 0 amide bonds. The zero-order chi connectivity index (χ0) is 15.2. The lowest BCUT2D eigenvalue weighted by Crippen LogP contribution is -2.34. The molecule has 1 aliphatic heterocycles. The van der Waals surface area contributed by atoms with Crippen molar-refractivity contribution in [3.8, 4) is 5.75 Å². The van der Waals surface area contributed by atoms with Crippen molar-refractivity contribution >= 4 is 0 Å². The molecule has 1 aromatic rings. The van der Waals surface area contributed by atoms with Gasteiger partial charge < -0.3 is 19.6 Å². The van der Waals surface area contributed by atoms with E-state index in [-0.39, 0.29) is 0 Å². The fourth-order valence-corrected chi connectivity index (χ4v) is 3.20. The van der Waals surface area contributed by atoms with Crippen LogP contribution in [0.15, 0.2) is 24.3 Å². The number of benzene rings is 1. The molecule has 2 atom stereocenters. The van der Waals surface area contributed by atoms with E-state index in [0.717, 1.165) is 38.2 Å². The molecule has 1 fully saturated rings. The van der Waals surface area contributed by atoms with Crippen LogP contribution in [0.5, 0.6) is 5.75 Å². The first-order valence-electron chi connectivity index (χ1n) is 7.79. The van der Waals surface area contributed by atoms with Gasteiger partial charge in [-0.25, -0.2) is 0 Å². The largest absolute Gasteiger partial charge is 0.497 e. The average Bonchev–Trinajstić information content (AvgIpc) is 2.92. The summed E-state index contributed by atoms with van der Waals surface area (Å²) in [4.78, 5) is 4.86. The lowest BCUT2D eigenvalue weighted by atomic mass is 9.93. The molecule has 1 N–H and O–H groups in total. The van der Waals surface area contributed by atoms with Crippen molar-refractivity contribution < 1.29 is 9.84 Å². The van der Waals surface area contributed by atoms with E-state index in [1.807, 2.05) is 0 Å². The molecule has 1 heterocycles. The number of unbranched alkanes of at least 4 members (excludes halogenated alkanes) is 1. The first-order chi connectivity index (χ1) is 10.2. The summed E-state index contributed by atoms with van der Waals surface area (Å²) in [5.74, 6) is 1.46. The molecule has 0 unspecified atom stereocenters. The van der Waals surface area contributed by atoms with Crippen LogP contribution in [0.2, 0.25) is 0 Å². The van der Waals surface area contributed by atoms with E-state index in [1.54, 1.807) is 7.11 Å². The molecule has 118 valence electrons. The van der Waals surface area contributed by atoms with Crippen LogP contribution in [0.25, 0.3) is 0 Å². The van der Waals surface area contributed by atoms with Crippen molar-refractivity contribution in [2.75, 3.05) is 47.4 Å². The number of likely N-dealkylation sites (tertiary alicyclic amines) is 1. The topological polar surface area (TPSA) is 35.9 Å². The smallest absolute Gasteiger partial charge is 0.118 e. The van der Waals surface area contributed by atoms with Crippen molar-refractivity contribution in [1.82, 2.24) is 9.80 Å². The Morgan fingerprint density at radius 2 is 1.90 bits per heavy atom. The number of methoxy groups -OCH3 is 1. The van der Waals surface area contributed by atoms with E-state index >= 15 is 0 Å². The number of rotatable bonds is 7. The summed E-state index contributed by atoms with van der Waals surface area (Å²) >= 11 is 0. The van der Waals surface area contributed by atoms with Gasteiger partial charge in [-0.2, -0.15) is 0 Å². The standard InChI is InChI=1S/C17H28N2O2/c1-18(2)17-13-19(10-4-5-11-20)12-16(17)14-6-8-15(21-3)9-7-14/h6-9,16-17,20H,4-5,10-13H2,1-3H3/t16-,17+/m1/s1. The van der Waals surface area contributed by atoms with Crippen molar-refractivity contribution in [3.05, 3.63) is 29.8 Å². The third-order valence-electron chi connectivity index (χ3n) is 4.45. The van der Waals surface area contributed by atoms with Crippen molar-refractivity contribution in [3.63, 3.8) is 0 Å². The summed E-state index contributed by atoms with van der Waals surface area (Å²) in [5, 5.41) is 8.92. The molecule has 2 rings (SSSR count). The average molecular weight is 292 g/mol. The summed E-state index contributed by atoms with van der Waals surface area (Å²) < 4.78 is 5.25. The molecule has 0 saturated carbocycles. The van der Waals surface area contributed by atoms with Crippen LogP contribution in [-0.2, 0) is 0 Å². The maximum Gasteiger partial charge on any atom is 0.118 e. The first kappa shape index (κ1) is 16.3. The molecule has 1 aromatic carbocycles. The van der Waals surface area contributed by atoms with Crippen molar-refractivity contribution in [1.29, 1.82) is 0 Å². The molecular formula is C17H28N2O2. The summed E-state index contributed by atoms with van der Waals surface area (Å²) in [6.45, 7) is 3.58. The maximum atomic E-state index is 8.92. The van der Waals surface area contributed by atoms with Crippen LogP contribution in [-0.4, -0.2) is 68.4 Å². The highest BCUT2D eigenvalue weighted by Gasteiger charge is 2.34. The normalized spacial score (nSPS) is 22.9. The summed E-state index contributed by atoms with van der Waals surface area (Å²) in [7, 11) is 6.03. The number of hydrogen-bond donors (Lipinski definition) is 1. The highest BCUT2D eigenvalue weighted by Crippen LogP contribution is 2.31. The number of ether oxygens (including phenoxy) is 1. The maximum absolute atomic E-state index is 8.92. The second kappa shape index (κ2) is 7.78. The predicted molar refractivity (Wildman–Crippen MR) is 86.0 cm³/mol. The highest BCUT2D eigenvalue weighted by atomic mass is 16.5. The molecule has 21 heavy (non-hydrogen) atoms. The quantitative estimate of drug-likeness (QED) is 0.777. The van der Waals surface area contributed by atoms with E-state index in [1.165, 1.54) is 5.56 Å². The molecule has 4 heteroatoms. The molecule has 0 spiro atoms. The molecule has 0 bridgehead atoms. The number of nitrogens with zero attached hydrogens (tertiary/aromatic N) is 2. The Hall–Kier alpha value is -1.10. The van der Waals surface area contributed by atoms with Crippen LogP contribution in [0.3, 0.4) is 0 Å². The van der Waals surface area contributed by atoms with Crippen LogP contribution in [0.1, 0.15) is 24.3 Å². The van der Waals surface area contributed by atoms with Crippen LogP contribution in [0.4, 0.5) is 0 Å². The lowest BCUT2D eigenvalue weighted by molar-refractivity contribution is 0.246. The summed E-state index contributed by atoms with van der Waals surface area (Å²) in [6, 6.07) is 9.04. The zero-order valence-corrected chi connectivity index (χ0v) is 13.5. The fraction of sp³-hybridized carbons (Fsp3) is 0.647. The van der Waals surface area contributed by atoms with E-state index in [9.17, 15) is 0 Å². The molecule has 0 aliphatic carbocycles. The SMILES string of the molecule is COc1ccc([C@H]2CN(CCCCO)C[C@@H]2N(C)C)cc1. The summed E-state index contributed by atoms with van der Waals surface area (Å²) in [6.07, 6.45) is 1.97. The Balaban J connectivity index is 2.04. The number of hydrogen-bond acceptors (Lipinski definition) is 4. The Labute approximate surface area is 128 Å². The van der Waals surface area contributed by atoms with E-state index in [4.69, 9.17) is 9.84 Å². The number of aliphatic hydroxyl groups is 1. The van der Waals surface area contributed by atoms with Gasteiger partial charge >= 0.3 is 0 Å². The fourth-order valence-electron chi connectivity index (χ4n) is 3.20. The Kier molecular flexibility index (Phi) is 6.03. The third kappa shape index (κ3) is 4.19. The second-order valence-corrected chi connectivity index (χ2v) is 6.10. The van der Waals surface area contributed by atoms with E-state index in [2.05, 4.69) is 48.2 Å². The van der Waals surface area contributed by atoms with E-state index < -0.39 is 0 Å². The monoisotopic (exact) mass is 292 g/mol. The van der Waals surface area contributed by atoms with Crippen LogP contribution >= 0.6 is 0 Å². The van der Waals surface area contributed by atoms with Gasteiger partial charge in [0.05, 0.1) is 7.11 Å². The second-order valence-electron chi connectivity index (χ2n) is 6.10. The van der Waals surface area contributed by atoms with Gasteiger partial charge in [0.15, 0.2) is 0 Å². The minimum absolute atomic E-state index is 0.298. The highest BCUT2D eigenvalue weighted by molar-refractivity contribution is 5.31. The summed E-state index contributed by atoms with van der Waals surface area (Å²) in [5.41, 5.74) is 1.39. The van der Waals surface area contributed by atoms with E-state index in [0.29, 0.717) is 18.6 Å². The van der Waals surface area contributed by atoms with Crippen LogP contribution in [0, 0.1) is 0 Å².